The number of nitrogens with one attached hydrogen (secondary N) is 1. The second kappa shape index (κ2) is 14.4. The number of hydrogen-bond donors (Lipinski definition) is 1. The quantitative estimate of drug-likeness (QED) is 0.238. The largest absolute Gasteiger partial charge is 0.354 e. The number of sulfonamides is 1. The zero-order valence-electron chi connectivity index (χ0n) is 23.4. The Kier molecular flexibility index (Phi) is 11.5. The van der Waals surface area contributed by atoms with E-state index in [0.29, 0.717) is 27.2 Å². The second-order valence-corrected chi connectivity index (χ2v) is 13.2. The van der Waals surface area contributed by atoms with E-state index in [1.54, 1.807) is 55.5 Å². The molecule has 1 unspecified atom stereocenters. The van der Waals surface area contributed by atoms with E-state index in [0.717, 1.165) is 9.87 Å². The number of nitrogens with zero attached hydrogens (tertiary/aromatic N) is 2. The first-order valence-corrected chi connectivity index (χ1v) is 15.8. The highest BCUT2D eigenvalue weighted by atomic mass is 35.5. The average Bonchev–Trinajstić information content (AvgIpc) is 2.92. The molecule has 0 bridgehead atoms. The monoisotopic (exact) mass is 637 g/mol. The van der Waals surface area contributed by atoms with E-state index < -0.39 is 28.5 Å². The lowest BCUT2D eigenvalue weighted by Crippen LogP contribution is -2.52. The van der Waals surface area contributed by atoms with E-state index in [4.69, 9.17) is 34.8 Å². The van der Waals surface area contributed by atoms with Crippen LogP contribution >= 0.6 is 34.8 Å². The van der Waals surface area contributed by atoms with Crippen molar-refractivity contribution in [3.8, 4) is 0 Å². The summed E-state index contributed by atoms with van der Waals surface area (Å²) in [5, 5.41) is 3.84. The first-order valence-electron chi connectivity index (χ1n) is 13.2. The third-order valence-electron chi connectivity index (χ3n) is 6.44. The molecule has 0 radical (unpaired) electrons. The Hall–Kier alpha value is -2.78. The number of halogens is 3. The maximum atomic E-state index is 14.1. The molecule has 1 N–H and O–H groups in total. The lowest BCUT2D eigenvalue weighted by atomic mass is 10.1. The van der Waals surface area contributed by atoms with Gasteiger partial charge in [-0.15, -0.1) is 0 Å². The fourth-order valence-corrected chi connectivity index (χ4v) is 6.30. The van der Waals surface area contributed by atoms with Gasteiger partial charge in [-0.05, 0) is 61.7 Å². The van der Waals surface area contributed by atoms with Crippen molar-refractivity contribution < 1.29 is 18.0 Å². The van der Waals surface area contributed by atoms with Gasteiger partial charge in [0, 0.05) is 33.7 Å². The van der Waals surface area contributed by atoms with Gasteiger partial charge in [-0.1, -0.05) is 85.4 Å². The van der Waals surface area contributed by atoms with Crippen molar-refractivity contribution in [2.75, 3.05) is 17.4 Å². The minimum Gasteiger partial charge on any atom is -0.354 e. The van der Waals surface area contributed by atoms with E-state index in [-0.39, 0.29) is 35.4 Å². The zero-order valence-corrected chi connectivity index (χ0v) is 26.5. The molecule has 0 aliphatic carbocycles. The number of aryl methyl sites for hydroxylation is 1. The molecule has 3 aromatic rings. The number of carbonyl (C=O) groups excluding carboxylic acids is 2. The van der Waals surface area contributed by atoms with Crippen LogP contribution in [-0.2, 0) is 26.2 Å². The van der Waals surface area contributed by atoms with Crippen molar-refractivity contribution in [3.05, 3.63) is 92.9 Å². The van der Waals surface area contributed by atoms with E-state index in [9.17, 15) is 18.0 Å². The Morgan fingerprint density at radius 3 is 2.10 bits per heavy atom. The van der Waals surface area contributed by atoms with Crippen molar-refractivity contribution >= 4 is 62.3 Å². The third-order valence-corrected chi connectivity index (χ3v) is 9.18. The van der Waals surface area contributed by atoms with Crippen LogP contribution in [0.15, 0.2) is 71.6 Å². The topological polar surface area (TPSA) is 86.8 Å². The van der Waals surface area contributed by atoms with Crippen LogP contribution < -0.4 is 9.62 Å². The number of rotatable bonds is 12. The molecule has 41 heavy (non-hydrogen) atoms. The van der Waals surface area contributed by atoms with Gasteiger partial charge in [0.05, 0.1) is 10.6 Å². The molecule has 3 aromatic carbocycles. The highest BCUT2D eigenvalue weighted by Gasteiger charge is 2.34. The maximum absolute atomic E-state index is 14.1. The Bertz CT molecular complexity index is 1460. The van der Waals surface area contributed by atoms with Crippen LogP contribution in [0.1, 0.15) is 38.3 Å². The summed E-state index contributed by atoms with van der Waals surface area (Å²) in [6.07, 6.45) is 0.277. The highest BCUT2D eigenvalue weighted by Crippen LogP contribution is 2.29. The van der Waals surface area contributed by atoms with Crippen molar-refractivity contribution in [2.24, 2.45) is 5.92 Å². The number of benzene rings is 3. The van der Waals surface area contributed by atoms with Gasteiger partial charge in [-0.3, -0.25) is 13.9 Å². The van der Waals surface area contributed by atoms with Crippen LogP contribution in [0.4, 0.5) is 5.69 Å². The molecule has 0 aliphatic heterocycles. The number of hydrogen-bond acceptors (Lipinski definition) is 4. The normalized spacial score (nSPS) is 12.2. The molecular formula is C30H34Cl3N3O4S. The maximum Gasteiger partial charge on any atom is 0.264 e. The van der Waals surface area contributed by atoms with Gasteiger partial charge >= 0.3 is 0 Å². The fraction of sp³-hybridized carbons (Fsp3) is 0.333. The molecule has 3 rings (SSSR count). The highest BCUT2D eigenvalue weighted by molar-refractivity contribution is 7.92. The van der Waals surface area contributed by atoms with Gasteiger partial charge in [0.15, 0.2) is 0 Å². The summed E-state index contributed by atoms with van der Waals surface area (Å²) in [7, 11) is -4.21. The third kappa shape index (κ3) is 8.38. The van der Waals surface area contributed by atoms with Crippen molar-refractivity contribution in [1.29, 1.82) is 0 Å². The first-order chi connectivity index (χ1) is 19.3. The summed E-state index contributed by atoms with van der Waals surface area (Å²) < 4.78 is 28.8. The summed E-state index contributed by atoms with van der Waals surface area (Å²) in [5.74, 6) is -0.770. The van der Waals surface area contributed by atoms with Crippen molar-refractivity contribution in [2.45, 2.75) is 51.6 Å². The van der Waals surface area contributed by atoms with Crippen LogP contribution in [0.5, 0.6) is 0 Å². The van der Waals surface area contributed by atoms with Gasteiger partial charge in [0.2, 0.25) is 11.8 Å². The molecule has 0 aromatic heterocycles. The van der Waals surface area contributed by atoms with Crippen LogP contribution in [-0.4, -0.2) is 44.3 Å². The molecule has 0 spiro atoms. The van der Waals surface area contributed by atoms with Crippen molar-refractivity contribution in [3.63, 3.8) is 0 Å². The summed E-state index contributed by atoms with van der Waals surface area (Å²) in [6, 6.07) is 16.7. The molecular weight excluding hydrogens is 605 g/mol. The Morgan fingerprint density at radius 1 is 0.927 bits per heavy atom. The second-order valence-electron chi connectivity index (χ2n) is 10.1. The van der Waals surface area contributed by atoms with Crippen LogP contribution in [0.3, 0.4) is 0 Å². The molecule has 0 fully saturated rings. The van der Waals surface area contributed by atoms with E-state index in [1.165, 1.54) is 23.1 Å². The van der Waals surface area contributed by atoms with Crippen LogP contribution in [0.2, 0.25) is 15.1 Å². The Balaban J connectivity index is 2.09. The molecule has 1 atom stereocenters. The fourth-order valence-electron chi connectivity index (χ4n) is 4.19. The predicted octanol–water partition coefficient (Wildman–Crippen LogP) is 6.73. The summed E-state index contributed by atoms with van der Waals surface area (Å²) in [5.41, 5.74) is 1.55. The SMILES string of the molecule is CCC(C(=O)NCC(C)C)N(Cc1c(Cl)cccc1Cl)C(=O)CN(c1cccc(Cl)c1)S(=O)(=O)c1ccc(C)cc1. The lowest BCUT2D eigenvalue weighted by Gasteiger charge is -2.33. The van der Waals surface area contributed by atoms with Gasteiger partial charge in [0.1, 0.15) is 12.6 Å². The number of anilines is 1. The van der Waals surface area contributed by atoms with Gasteiger partial charge in [0.25, 0.3) is 10.0 Å². The van der Waals surface area contributed by atoms with E-state index in [2.05, 4.69) is 5.32 Å². The summed E-state index contributed by atoms with van der Waals surface area (Å²) >= 11 is 19.1. The van der Waals surface area contributed by atoms with Gasteiger partial charge in [-0.2, -0.15) is 0 Å². The molecule has 2 amide bonds. The molecule has 0 aliphatic rings. The minimum atomic E-state index is -4.21. The Morgan fingerprint density at radius 2 is 1.54 bits per heavy atom. The predicted molar refractivity (Wildman–Crippen MR) is 166 cm³/mol. The minimum absolute atomic E-state index is 0.0123. The van der Waals surface area contributed by atoms with E-state index in [1.807, 2.05) is 20.8 Å². The molecule has 0 saturated heterocycles. The Labute approximate surface area is 257 Å². The summed E-state index contributed by atoms with van der Waals surface area (Å²) in [6.45, 7) is 7.29. The number of amides is 2. The van der Waals surface area contributed by atoms with Crippen LogP contribution in [0, 0.1) is 12.8 Å². The molecule has 7 nitrogen and oxygen atoms in total. The molecule has 220 valence electrons. The first kappa shape index (κ1) is 32.7. The smallest absolute Gasteiger partial charge is 0.264 e. The average molecular weight is 639 g/mol. The van der Waals surface area contributed by atoms with Gasteiger partial charge < -0.3 is 10.2 Å². The zero-order chi connectivity index (χ0) is 30.3. The van der Waals surface area contributed by atoms with E-state index >= 15 is 0 Å². The molecule has 11 heteroatoms. The summed E-state index contributed by atoms with van der Waals surface area (Å²) in [4.78, 5) is 28.8. The van der Waals surface area contributed by atoms with Crippen molar-refractivity contribution in [1.82, 2.24) is 10.2 Å². The van der Waals surface area contributed by atoms with Crippen LogP contribution in [0.25, 0.3) is 0 Å². The lowest BCUT2D eigenvalue weighted by molar-refractivity contribution is -0.140. The standard InChI is InChI=1S/C30H34Cl3N3O4S/c1-5-28(30(38)34-17-20(2)3)35(18-25-26(32)10-7-11-27(25)33)29(37)19-36(23-9-6-8-22(31)16-23)41(39,40)24-14-12-21(4)13-15-24/h6-16,20,28H,5,17-19H2,1-4H3,(H,34,38). The molecule has 0 heterocycles. The number of carbonyl (C=O) groups is 2. The van der Waals surface area contributed by atoms with Gasteiger partial charge in [-0.25, -0.2) is 8.42 Å². The molecule has 0 saturated carbocycles.